The number of anilines is 1. The van der Waals surface area contributed by atoms with Gasteiger partial charge in [0.25, 0.3) is 0 Å². The maximum Gasteiger partial charge on any atom is 0.301 e. The van der Waals surface area contributed by atoms with E-state index in [2.05, 4.69) is 23.9 Å². The van der Waals surface area contributed by atoms with Crippen LogP contribution >= 0.6 is 0 Å². The Kier molecular flexibility index (Phi) is 4.44. The number of piperazine rings is 1. The van der Waals surface area contributed by atoms with Crippen LogP contribution in [0.3, 0.4) is 0 Å². The smallest absolute Gasteiger partial charge is 0.301 e. The molecule has 0 radical (unpaired) electrons. The van der Waals surface area contributed by atoms with Gasteiger partial charge in [0.05, 0.1) is 0 Å². The zero-order chi connectivity index (χ0) is 13.9. The van der Waals surface area contributed by atoms with Crippen molar-refractivity contribution in [1.82, 2.24) is 9.62 Å². The monoisotopic (exact) mass is 283 g/mol. The van der Waals surface area contributed by atoms with Crippen LogP contribution in [-0.4, -0.2) is 38.9 Å². The summed E-state index contributed by atoms with van der Waals surface area (Å²) in [7, 11) is -3.43. The molecule has 1 heterocycles. The van der Waals surface area contributed by atoms with Gasteiger partial charge in [-0.3, -0.25) is 4.72 Å². The highest BCUT2D eigenvalue weighted by Crippen LogP contribution is 2.18. The summed E-state index contributed by atoms with van der Waals surface area (Å²) >= 11 is 0. The molecule has 0 aliphatic carbocycles. The lowest BCUT2D eigenvalue weighted by atomic mass is 10.0. The lowest BCUT2D eigenvalue weighted by molar-refractivity contribution is 0.362. The molecular formula is C13H21N3O2S. The van der Waals surface area contributed by atoms with Gasteiger partial charge in [-0.05, 0) is 23.6 Å². The Morgan fingerprint density at radius 2 is 1.74 bits per heavy atom. The second kappa shape index (κ2) is 5.90. The molecule has 0 unspecified atom stereocenters. The molecule has 6 heteroatoms. The normalized spacial score (nSPS) is 17.6. The first-order valence-electron chi connectivity index (χ1n) is 6.57. The number of hydrogen-bond acceptors (Lipinski definition) is 3. The highest BCUT2D eigenvalue weighted by Gasteiger charge is 2.23. The van der Waals surface area contributed by atoms with E-state index in [1.54, 1.807) is 0 Å². The highest BCUT2D eigenvalue weighted by molar-refractivity contribution is 7.90. The van der Waals surface area contributed by atoms with Crippen molar-refractivity contribution in [2.75, 3.05) is 30.9 Å². The van der Waals surface area contributed by atoms with Gasteiger partial charge < -0.3 is 5.32 Å². The lowest BCUT2D eigenvalue weighted by Crippen LogP contribution is -2.48. The quantitative estimate of drug-likeness (QED) is 0.877. The predicted molar refractivity (Wildman–Crippen MR) is 77.5 cm³/mol. The van der Waals surface area contributed by atoms with Crippen LogP contribution in [0.2, 0.25) is 0 Å². The molecule has 0 amide bonds. The van der Waals surface area contributed by atoms with Crippen molar-refractivity contribution < 1.29 is 8.42 Å². The molecule has 1 aliphatic heterocycles. The summed E-state index contributed by atoms with van der Waals surface area (Å²) in [6.07, 6.45) is 0. The van der Waals surface area contributed by atoms with Crippen LogP contribution in [0.15, 0.2) is 24.3 Å². The maximum atomic E-state index is 12.2. The van der Waals surface area contributed by atoms with E-state index in [9.17, 15) is 8.42 Å². The van der Waals surface area contributed by atoms with Crippen LogP contribution in [0, 0.1) is 0 Å². The number of nitrogens with one attached hydrogen (secondary N) is 2. The zero-order valence-electron chi connectivity index (χ0n) is 11.4. The fourth-order valence-corrected chi connectivity index (χ4v) is 3.26. The molecule has 0 spiro atoms. The van der Waals surface area contributed by atoms with E-state index in [0.717, 1.165) is 0 Å². The van der Waals surface area contributed by atoms with Crippen molar-refractivity contribution in [3.8, 4) is 0 Å². The first-order chi connectivity index (χ1) is 8.99. The predicted octanol–water partition coefficient (Wildman–Crippen LogP) is 1.37. The SMILES string of the molecule is CC(C)c1ccc(NS(=O)(=O)N2CCNCC2)cc1. The number of rotatable bonds is 4. The average Bonchev–Trinajstić information content (AvgIpc) is 2.40. The molecular weight excluding hydrogens is 262 g/mol. The number of nitrogens with zero attached hydrogens (tertiary/aromatic N) is 1. The molecule has 1 aromatic carbocycles. The minimum absolute atomic E-state index is 0.443. The van der Waals surface area contributed by atoms with E-state index in [1.165, 1.54) is 9.87 Å². The summed E-state index contributed by atoms with van der Waals surface area (Å²) in [5.74, 6) is 0.443. The molecule has 0 bridgehead atoms. The second-order valence-corrected chi connectivity index (χ2v) is 6.70. The van der Waals surface area contributed by atoms with Gasteiger partial charge in [-0.2, -0.15) is 12.7 Å². The molecule has 0 aromatic heterocycles. The van der Waals surface area contributed by atoms with E-state index in [1.807, 2.05) is 24.3 Å². The molecule has 19 heavy (non-hydrogen) atoms. The summed E-state index contributed by atoms with van der Waals surface area (Å²) in [6, 6.07) is 7.55. The van der Waals surface area contributed by atoms with Gasteiger partial charge in [-0.15, -0.1) is 0 Å². The number of hydrogen-bond donors (Lipinski definition) is 2. The maximum absolute atomic E-state index is 12.2. The summed E-state index contributed by atoms with van der Waals surface area (Å²) in [5, 5.41) is 3.14. The van der Waals surface area contributed by atoms with Crippen LogP contribution in [0.5, 0.6) is 0 Å². The Morgan fingerprint density at radius 3 is 2.26 bits per heavy atom. The Morgan fingerprint density at radius 1 is 1.16 bits per heavy atom. The van der Waals surface area contributed by atoms with Crippen LogP contribution in [0.4, 0.5) is 5.69 Å². The Labute approximate surface area is 115 Å². The van der Waals surface area contributed by atoms with E-state index in [4.69, 9.17) is 0 Å². The van der Waals surface area contributed by atoms with E-state index < -0.39 is 10.2 Å². The molecule has 1 saturated heterocycles. The molecule has 2 rings (SSSR count). The van der Waals surface area contributed by atoms with Crippen molar-refractivity contribution in [3.05, 3.63) is 29.8 Å². The first-order valence-corrected chi connectivity index (χ1v) is 8.01. The molecule has 1 aromatic rings. The molecule has 1 aliphatic rings. The first kappa shape index (κ1) is 14.3. The summed E-state index contributed by atoms with van der Waals surface area (Å²) < 4.78 is 28.4. The molecule has 0 atom stereocenters. The van der Waals surface area contributed by atoms with Crippen molar-refractivity contribution in [3.63, 3.8) is 0 Å². The Balaban J connectivity index is 2.06. The van der Waals surface area contributed by atoms with Crippen molar-refractivity contribution in [2.45, 2.75) is 19.8 Å². The number of benzene rings is 1. The largest absolute Gasteiger partial charge is 0.314 e. The fourth-order valence-electron chi connectivity index (χ4n) is 2.03. The third-order valence-electron chi connectivity index (χ3n) is 3.24. The van der Waals surface area contributed by atoms with Crippen LogP contribution in [-0.2, 0) is 10.2 Å². The van der Waals surface area contributed by atoms with E-state index in [-0.39, 0.29) is 0 Å². The van der Waals surface area contributed by atoms with Gasteiger partial charge in [-0.1, -0.05) is 26.0 Å². The zero-order valence-corrected chi connectivity index (χ0v) is 12.2. The minimum Gasteiger partial charge on any atom is -0.314 e. The second-order valence-electron chi connectivity index (χ2n) is 5.03. The summed E-state index contributed by atoms with van der Waals surface area (Å²) in [5.41, 5.74) is 1.81. The highest BCUT2D eigenvalue weighted by atomic mass is 32.2. The van der Waals surface area contributed by atoms with Crippen LogP contribution < -0.4 is 10.0 Å². The molecule has 5 nitrogen and oxygen atoms in total. The third kappa shape index (κ3) is 3.68. The molecule has 106 valence electrons. The molecule has 0 saturated carbocycles. The Hall–Kier alpha value is -1.11. The fraction of sp³-hybridized carbons (Fsp3) is 0.538. The van der Waals surface area contributed by atoms with Gasteiger partial charge in [0, 0.05) is 31.9 Å². The van der Waals surface area contributed by atoms with Crippen LogP contribution in [0.25, 0.3) is 0 Å². The van der Waals surface area contributed by atoms with Gasteiger partial charge >= 0.3 is 10.2 Å². The van der Waals surface area contributed by atoms with E-state index >= 15 is 0 Å². The van der Waals surface area contributed by atoms with Crippen molar-refractivity contribution in [2.24, 2.45) is 0 Å². The van der Waals surface area contributed by atoms with Crippen LogP contribution in [0.1, 0.15) is 25.3 Å². The molecule has 1 fully saturated rings. The van der Waals surface area contributed by atoms with E-state index in [0.29, 0.717) is 37.8 Å². The summed E-state index contributed by atoms with van der Waals surface area (Å²) in [6.45, 7) is 6.65. The summed E-state index contributed by atoms with van der Waals surface area (Å²) in [4.78, 5) is 0. The lowest BCUT2D eigenvalue weighted by Gasteiger charge is -2.26. The topological polar surface area (TPSA) is 61.4 Å². The van der Waals surface area contributed by atoms with Crippen molar-refractivity contribution >= 4 is 15.9 Å². The standard InChI is InChI=1S/C13H21N3O2S/c1-11(2)12-3-5-13(6-4-12)15-19(17,18)16-9-7-14-8-10-16/h3-6,11,14-15H,7-10H2,1-2H3. The van der Waals surface area contributed by atoms with Gasteiger partial charge in [-0.25, -0.2) is 0 Å². The average molecular weight is 283 g/mol. The molecule has 2 N–H and O–H groups in total. The third-order valence-corrected chi connectivity index (χ3v) is 4.78. The van der Waals surface area contributed by atoms with Gasteiger partial charge in [0.1, 0.15) is 0 Å². The van der Waals surface area contributed by atoms with Gasteiger partial charge in [0.2, 0.25) is 0 Å². The van der Waals surface area contributed by atoms with Crippen molar-refractivity contribution in [1.29, 1.82) is 0 Å². The minimum atomic E-state index is -3.43. The Bertz CT molecular complexity index is 505. The van der Waals surface area contributed by atoms with Gasteiger partial charge in [0.15, 0.2) is 0 Å².